The first-order valence-corrected chi connectivity index (χ1v) is 16.3. The fourth-order valence-corrected chi connectivity index (χ4v) is 6.12. The van der Waals surface area contributed by atoms with Gasteiger partial charge in [-0.15, -0.1) is 0 Å². The number of ether oxygens (including phenoxy) is 2. The summed E-state index contributed by atoms with van der Waals surface area (Å²) in [6.07, 6.45) is -13.9. The highest BCUT2D eigenvalue weighted by atomic mass is 19.4. The van der Waals surface area contributed by atoms with Gasteiger partial charge in [0.15, 0.2) is 0 Å². The number of benzene rings is 4. The fraction of sp³-hybridized carbons (Fsp3) is 0.289. The largest absolute Gasteiger partial charge is 0.457 e. The van der Waals surface area contributed by atoms with Crippen LogP contribution in [0, 0.1) is 10.1 Å². The zero-order valence-corrected chi connectivity index (χ0v) is 28.2. The van der Waals surface area contributed by atoms with E-state index in [-0.39, 0.29) is 47.5 Å². The van der Waals surface area contributed by atoms with Crippen LogP contribution >= 0.6 is 0 Å². The molecule has 4 aromatic carbocycles. The Hall–Kier alpha value is -5.73. The van der Waals surface area contributed by atoms with Gasteiger partial charge in [-0.1, -0.05) is 66.7 Å². The maximum Gasteiger partial charge on any atom is 0.442 e. The lowest BCUT2D eigenvalue weighted by Gasteiger charge is -2.38. The molecule has 5 rings (SSSR count). The summed E-state index contributed by atoms with van der Waals surface area (Å²) in [7, 11) is 0. The van der Waals surface area contributed by atoms with Crippen LogP contribution in [0.15, 0.2) is 103 Å². The summed E-state index contributed by atoms with van der Waals surface area (Å²) in [4.78, 5) is 51.7. The van der Waals surface area contributed by atoms with Gasteiger partial charge in [0.2, 0.25) is 5.91 Å². The van der Waals surface area contributed by atoms with Gasteiger partial charge in [0.05, 0.1) is 28.9 Å². The highest BCUT2D eigenvalue weighted by molar-refractivity contribution is 5.99. The van der Waals surface area contributed by atoms with E-state index < -0.39 is 64.2 Å². The topological polar surface area (TPSA) is 116 Å². The van der Waals surface area contributed by atoms with E-state index in [9.17, 15) is 50.8 Å². The lowest BCUT2D eigenvalue weighted by atomic mass is 9.88. The van der Waals surface area contributed by atoms with E-state index in [4.69, 9.17) is 4.74 Å². The third-order valence-electron chi connectivity index (χ3n) is 9.13. The standard InChI is InChI=1S/C38H32F6N2O7/c1-23(25-9-5-3-6-10-25)33(47)45-22-31(52-35(49)27-13-17-30(18-14-27)46(50)51)19-15-28-21-29(16-20-32(28)45)36(37(39,40)41,38(42,43)44)53-34(48)24(2)26-11-7-4-8-12-26/h3-14,16-18,20-21,23-24,31H,15,19,22H2,1-2H3/t23-,24-,31+/m0/s1. The molecule has 278 valence electrons. The van der Waals surface area contributed by atoms with Crippen LogP contribution in [-0.4, -0.2) is 47.8 Å². The second-order valence-corrected chi connectivity index (χ2v) is 12.5. The zero-order valence-electron chi connectivity index (χ0n) is 28.2. The number of anilines is 1. The first-order chi connectivity index (χ1) is 24.9. The smallest absolute Gasteiger partial charge is 0.442 e. The van der Waals surface area contributed by atoms with Crippen molar-refractivity contribution in [2.24, 2.45) is 0 Å². The van der Waals surface area contributed by atoms with Crippen molar-refractivity contribution in [1.29, 1.82) is 0 Å². The zero-order chi connectivity index (χ0) is 38.7. The summed E-state index contributed by atoms with van der Waals surface area (Å²) >= 11 is 0. The number of non-ortho nitro benzene ring substituents is 1. The number of esters is 2. The molecule has 0 aliphatic carbocycles. The van der Waals surface area contributed by atoms with Gasteiger partial charge in [0.25, 0.3) is 5.69 Å². The number of hydrogen-bond donors (Lipinski definition) is 0. The lowest BCUT2D eigenvalue weighted by molar-refractivity contribution is -0.384. The SMILES string of the molecule is C[C@H](C(=O)OC(c1ccc2c(c1)CC[C@@H](OC(=O)c1ccc([N+](=O)[O-])cc1)CN2C(=O)[C@@H](C)c1ccccc1)(C(F)(F)F)C(F)(F)F)c1ccccc1. The van der Waals surface area contributed by atoms with Crippen LogP contribution in [0.25, 0.3) is 0 Å². The number of hydrogen-bond acceptors (Lipinski definition) is 7. The predicted molar refractivity (Wildman–Crippen MR) is 179 cm³/mol. The number of nitro groups is 1. The summed E-state index contributed by atoms with van der Waals surface area (Å²) in [5.41, 5.74) is -6.34. The Morgan fingerprint density at radius 3 is 1.87 bits per heavy atom. The molecule has 0 radical (unpaired) electrons. The molecule has 3 atom stereocenters. The number of aryl methyl sites for hydroxylation is 1. The molecule has 0 fully saturated rings. The molecule has 0 saturated carbocycles. The molecule has 9 nitrogen and oxygen atoms in total. The number of nitro benzene ring substituents is 1. The highest BCUT2D eigenvalue weighted by Gasteiger charge is 2.75. The monoisotopic (exact) mass is 742 g/mol. The maximum atomic E-state index is 14.9. The predicted octanol–water partition coefficient (Wildman–Crippen LogP) is 8.57. The van der Waals surface area contributed by atoms with Gasteiger partial charge in [0.1, 0.15) is 6.10 Å². The molecule has 0 aromatic heterocycles. The molecule has 1 heterocycles. The van der Waals surface area contributed by atoms with E-state index in [0.29, 0.717) is 17.7 Å². The van der Waals surface area contributed by atoms with E-state index in [1.165, 1.54) is 24.3 Å². The van der Waals surface area contributed by atoms with Crippen LogP contribution in [0.4, 0.5) is 37.7 Å². The van der Waals surface area contributed by atoms with Crippen LogP contribution in [0.1, 0.15) is 64.7 Å². The summed E-state index contributed by atoms with van der Waals surface area (Å²) in [5, 5.41) is 11.0. The van der Waals surface area contributed by atoms with Crippen molar-refractivity contribution in [2.75, 3.05) is 11.4 Å². The van der Waals surface area contributed by atoms with Crippen molar-refractivity contribution < 1.29 is 55.1 Å². The van der Waals surface area contributed by atoms with Crippen LogP contribution in [0.2, 0.25) is 0 Å². The van der Waals surface area contributed by atoms with Gasteiger partial charge in [0, 0.05) is 23.4 Å². The number of amides is 1. The van der Waals surface area contributed by atoms with Crippen LogP contribution in [0.3, 0.4) is 0 Å². The van der Waals surface area contributed by atoms with Gasteiger partial charge in [-0.25, -0.2) is 4.79 Å². The van der Waals surface area contributed by atoms with Crippen molar-refractivity contribution in [3.8, 4) is 0 Å². The second kappa shape index (κ2) is 15.1. The Bertz CT molecular complexity index is 1960. The highest BCUT2D eigenvalue weighted by Crippen LogP contribution is 2.54. The van der Waals surface area contributed by atoms with Crippen LogP contribution in [-0.2, 0) is 31.1 Å². The Balaban J connectivity index is 1.56. The van der Waals surface area contributed by atoms with Gasteiger partial charge in [-0.3, -0.25) is 19.7 Å². The minimum Gasteiger partial charge on any atom is -0.457 e. The Kier molecular flexibility index (Phi) is 11.0. The molecule has 1 aliphatic rings. The summed E-state index contributed by atoms with van der Waals surface area (Å²) < 4.78 is 99.4. The molecule has 0 bridgehead atoms. The molecule has 0 spiro atoms. The van der Waals surface area contributed by atoms with Crippen molar-refractivity contribution in [2.45, 2.75) is 62.6 Å². The number of alkyl halides is 6. The quantitative estimate of drug-likeness (QED) is 0.0730. The van der Waals surface area contributed by atoms with E-state index in [0.717, 1.165) is 42.2 Å². The second-order valence-electron chi connectivity index (χ2n) is 12.5. The maximum absolute atomic E-state index is 14.9. The van der Waals surface area contributed by atoms with E-state index in [1.807, 2.05) is 0 Å². The molecule has 15 heteroatoms. The molecular weight excluding hydrogens is 710 g/mol. The average Bonchev–Trinajstić information content (AvgIpc) is 3.31. The number of rotatable bonds is 9. The molecule has 1 aliphatic heterocycles. The summed E-state index contributed by atoms with van der Waals surface area (Å²) in [6.45, 7) is 2.37. The minimum absolute atomic E-state index is 0.0300. The first-order valence-electron chi connectivity index (χ1n) is 16.3. The molecule has 0 saturated heterocycles. The van der Waals surface area contributed by atoms with Gasteiger partial charge >= 0.3 is 29.9 Å². The normalized spacial score (nSPS) is 16.1. The molecule has 0 unspecified atom stereocenters. The molecule has 1 amide bonds. The molecule has 0 N–H and O–H groups in total. The van der Waals surface area contributed by atoms with Crippen molar-refractivity contribution in [1.82, 2.24) is 0 Å². The summed E-state index contributed by atoms with van der Waals surface area (Å²) in [5.74, 6) is -5.64. The van der Waals surface area contributed by atoms with Gasteiger partial charge < -0.3 is 14.4 Å². The Morgan fingerprint density at radius 1 is 0.792 bits per heavy atom. The first kappa shape index (κ1) is 38.5. The number of nitrogens with zero attached hydrogens (tertiary/aromatic N) is 2. The number of carbonyl (C=O) groups excluding carboxylic acids is 3. The molecule has 53 heavy (non-hydrogen) atoms. The fourth-order valence-electron chi connectivity index (χ4n) is 6.12. The molecule has 4 aromatic rings. The van der Waals surface area contributed by atoms with E-state index >= 15 is 0 Å². The molecular formula is C38H32F6N2O7. The Morgan fingerprint density at radius 2 is 1.34 bits per heavy atom. The van der Waals surface area contributed by atoms with Crippen molar-refractivity contribution in [3.05, 3.63) is 141 Å². The summed E-state index contributed by atoms with van der Waals surface area (Å²) in [6, 6.07) is 22.2. The van der Waals surface area contributed by atoms with Crippen molar-refractivity contribution >= 4 is 29.2 Å². The Labute approximate surface area is 299 Å². The van der Waals surface area contributed by atoms with Gasteiger partial charge in [-0.05, 0) is 67.6 Å². The van der Waals surface area contributed by atoms with Gasteiger partial charge in [-0.2, -0.15) is 26.3 Å². The average molecular weight is 743 g/mol. The lowest BCUT2D eigenvalue weighted by Crippen LogP contribution is -2.57. The number of halogens is 6. The van der Waals surface area contributed by atoms with Crippen LogP contribution in [0.5, 0.6) is 0 Å². The van der Waals surface area contributed by atoms with E-state index in [1.54, 1.807) is 43.3 Å². The van der Waals surface area contributed by atoms with Crippen LogP contribution < -0.4 is 4.90 Å². The third kappa shape index (κ3) is 7.88. The number of fused-ring (bicyclic) bond motifs is 1. The minimum atomic E-state index is -6.18. The van der Waals surface area contributed by atoms with E-state index in [2.05, 4.69) is 4.74 Å². The third-order valence-corrected chi connectivity index (χ3v) is 9.13. The number of carbonyl (C=O) groups is 3. The van der Waals surface area contributed by atoms with Crippen molar-refractivity contribution in [3.63, 3.8) is 0 Å².